The summed E-state index contributed by atoms with van der Waals surface area (Å²) in [6, 6.07) is 0.317. The molecule has 1 unspecified atom stereocenters. The first-order chi connectivity index (χ1) is 4.17. The molecule has 3 nitrogen and oxygen atoms in total. The minimum absolute atomic E-state index is 0.203. The average Bonchev–Trinajstić information content (AvgIpc) is 2.08. The molecule has 0 spiro atoms. The molecule has 0 amide bonds. The summed E-state index contributed by atoms with van der Waals surface area (Å²) >= 11 is 0. The monoisotopic (exact) mass is 130 g/mol. The second-order valence-corrected chi connectivity index (χ2v) is 3.22. The lowest BCUT2D eigenvalue weighted by Gasteiger charge is -2.22. The molecule has 0 aromatic carbocycles. The lowest BCUT2D eigenvalue weighted by Crippen LogP contribution is -2.44. The molecule has 1 rings (SSSR count). The molecule has 0 radical (unpaired) electrons. The van der Waals surface area contributed by atoms with E-state index in [2.05, 4.69) is 19.3 Å². The number of ether oxygens (including phenoxy) is 1. The number of hydrogen-bond acceptors (Lipinski definition) is 3. The van der Waals surface area contributed by atoms with Gasteiger partial charge < -0.3 is 4.74 Å². The Morgan fingerprint density at radius 1 is 1.67 bits per heavy atom. The SMILES string of the molecule is CC1(C)COCC1NN. The molecule has 1 saturated heterocycles. The zero-order valence-corrected chi connectivity index (χ0v) is 5.98. The van der Waals surface area contributed by atoms with Crippen molar-refractivity contribution in [1.29, 1.82) is 0 Å². The number of nitrogens with one attached hydrogen (secondary N) is 1. The van der Waals surface area contributed by atoms with Crippen LogP contribution in [0.4, 0.5) is 0 Å². The fourth-order valence-corrected chi connectivity index (χ4v) is 1.04. The highest BCUT2D eigenvalue weighted by molar-refractivity contribution is 4.86. The van der Waals surface area contributed by atoms with Gasteiger partial charge in [-0.3, -0.25) is 11.3 Å². The van der Waals surface area contributed by atoms with Crippen molar-refractivity contribution in [2.75, 3.05) is 13.2 Å². The fraction of sp³-hybridized carbons (Fsp3) is 1.00. The van der Waals surface area contributed by atoms with Crippen LogP contribution in [-0.2, 0) is 4.74 Å². The van der Waals surface area contributed by atoms with E-state index in [-0.39, 0.29) is 5.41 Å². The van der Waals surface area contributed by atoms with Crippen molar-refractivity contribution in [1.82, 2.24) is 5.43 Å². The van der Waals surface area contributed by atoms with E-state index < -0.39 is 0 Å². The van der Waals surface area contributed by atoms with Crippen molar-refractivity contribution in [2.24, 2.45) is 11.3 Å². The summed E-state index contributed by atoms with van der Waals surface area (Å²) in [7, 11) is 0. The molecule has 1 heterocycles. The molecule has 0 aromatic heterocycles. The van der Waals surface area contributed by atoms with Gasteiger partial charge in [-0.05, 0) is 0 Å². The number of rotatable bonds is 1. The van der Waals surface area contributed by atoms with Crippen molar-refractivity contribution in [3.05, 3.63) is 0 Å². The van der Waals surface area contributed by atoms with E-state index >= 15 is 0 Å². The minimum Gasteiger partial charge on any atom is -0.379 e. The predicted molar refractivity (Wildman–Crippen MR) is 35.7 cm³/mol. The first-order valence-electron chi connectivity index (χ1n) is 3.21. The standard InChI is InChI=1S/C6H14N2O/c1-6(2)4-9-3-5(6)8-7/h5,8H,3-4,7H2,1-2H3. The minimum atomic E-state index is 0.203. The molecule has 1 aliphatic heterocycles. The number of nitrogens with two attached hydrogens (primary N) is 1. The van der Waals surface area contributed by atoms with Crippen LogP contribution in [-0.4, -0.2) is 19.3 Å². The van der Waals surface area contributed by atoms with Gasteiger partial charge in [0.1, 0.15) is 0 Å². The Hall–Kier alpha value is -0.120. The Morgan fingerprint density at radius 2 is 2.33 bits per heavy atom. The van der Waals surface area contributed by atoms with Gasteiger partial charge in [0.15, 0.2) is 0 Å². The maximum Gasteiger partial charge on any atom is 0.0639 e. The molecule has 1 fully saturated rings. The van der Waals surface area contributed by atoms with Gasteiger partial charge in [-0.15, -0.1) is 0 Å². The van der Waals surface area contributed by atoms with Crippen LogP contribution in [0.25, 0.3) is 0 Å². The van der Waals surface area contributed by atoms with Crippen LogP contribution in [0.3, 0.4) is 0 Å². The zero-order chi connectivity index (χ0) is 6.91. The molecule has 0 saturated carbocycles. The van der Waals surface area contributed by atoms with Crippen molar-refractivity contribution < 1.29 is 4.74 Å². The number of hydrazine groups is 1. The van der Waals surface area contributed by atoms with E-state index in [4.69, 9.17) is 10.6 Å². The van der Waals surface area contributed by atoms with Crippen molar-refractivity contribution >= 4 is 0 Å². The van der Waals surface area contributed by atoms with Crippen molar-refractivity contribution in [2.45, 2.75) is 19.9 Å². The molecule has 9 heavy (non-hydrogen) atoms. The van der Waals surface area contributed by atoms with Gasteiger partial charge in [0.25, 0.3) is 0 Å². The van der Waals surface area contributed by atoms with Gasteiger partial charge in [-0.25, -0.2) is 0 Å². The molecule has 0 aromatic rings. The third-order valence-corrected chi connectivity index (χ3v) is 1.90. The summed E-state index contributed by atoms with van der Waals surface area (Å²) < 4.78 is 5.22. The summed E-state index contributed by atoms with van der Waals surface area (Å²) in [6.45, 7) is 5.83. The lowest BCUT2D eigenvalue weighted by molar-refractivity contribution is 0.166. The number of hydrogen-bond donors (Lipinski definition) is 2. The van der Waals surface area contributed by atoms with E-state index in [0.717, 1.165) is 13.2 Å². The van der Waals surface area contributed by atoms with E-state index in [1.807, 2.05) is 0 Å². The molecule has 3 N–H and O–H groups in total. The van der Waals surface area contributed by atoms with Crippen LogP contribution in [0.1, 0.15) is 13.8 Å². The van der Waals surface area contributed by atoms with Crippen LogP contribution < -0.4 is 11.3 Å². The second-order valence-electron chi connectivity index (χ2n) is 3.22. The Labute approximate surface area is 55.5 Å². The van der Waals surface area contributed by atoms with Gasteiger partial charge in [0.05, 0.1) is 19.3 Å². The summed E-state index contributed by atoms with van der Waals surface area (Å²) in [5, 5.41) is 0. The Balaban J connectivity index is 2.52. The van der Waals surface area contributed by atoms with E-state index in [0.29, 0.717) is 6.04 Å². The molecular formula is C6H14N2O. The van der Waals surface area contributed by atoms with Gasteiger partial charge in [0.2, 0.25) is 0 Å². The predicted octanol–water partition coefficient (Wildman–Crippen LogP) is -0.125. The van der Waals surface area contributed by atoms with E-state index in [9.17, 15) is 0 Å². The molecule has 1 aliphatic rings. The molecule has 3 heteroatoms. The maximum atomic E-state index is 5.28. The largest absolute Gasteiger partial charge is 0.379 e. The fourth-order valence-electron chi connectivity index (χ4n) is 1.04. The Kier molecular flexibility index (Phi) is 1.75. The van der Waals surface area contributed by atoms with E-state index in [1.54, 1.807) is 0 Å². The first-order valence-corrected chi connectivity index (χ1v) is 3.21. The van der Waals surface area contributed by atoms with E-state index in [1.165, 1.54) is 0 Å². The quantitative estimate of drug-likeness (QED) is 0.384. The van der Waals surface area contributed by atoms with Crippen LogP contribution >= 0.6 is 0 Å². The average molecular weight is 130 g/mol. The normalized spacial score (nSPS) is 33.0. The lowest BCUT2D eigenvalue weighted by atomic mass is 9.88. The van der Waals surface area contributed by atoms with Crippen LogP contribution in [0.15, 0.2) is 0 Å². The molecule has 0 bridgehead atoms. The highest BCUT2D eigenvalue weighted by Gasteiger charge is 2.34. The molecule has 0 aliphatic carbocycles. The third-order valence-electron chi connectivity index (χ3n) is 1.90. The highest BCUT2D eigenvalue weighted by atomic mass is 16.5. The van der Waals surface area contributed by atoms with Crippen molar-refractivity contribution in [3.8, 4) is 0 Å². The second kappa shape index (κ2) is 2.25. The van der Waals surface area contributed by atoms with Gasteiger partial charge in [-0.1, -0.05) is 13.8 Å². The van der Waals surface area contributed by atoms with Crippen LogP contribution in [0.5, 0.6) is 0 Å². The summed E-state index contributed by atoms with van der Waals surface area (Å²) in [5.41, 5.74) is 2.93. The van der Waals surface area contributed by atoms with Gasteiger partial charge in [-0.2, -0.15) is 0 Å². The highest BCUT2D eigenvalue weighted by Crippen LogP contribution is 2.26. The van der Waals surface area contributed by atoms with Crippen LogP contribution in [0.2, 0.25) is 0 Å². The molecular weight excluding hydrogens is 116 g/mol. The summed E-state index contributed by atoms with van der Waals surface area (Å²) in [4.78, 5) is 0. The zero-order valence-electron chi connectivity index (χ0n) is 5.98. The summed E-state index contributed by atoms with van der Waals surface area (Å²) in [6.07, 6.45) is 0. The topological polar surface area (TPSA) is 47.3 Å². The maximum absolute atomic E-state index is 5.28. The van der Waals surface area contributed by atoms with Gasteiger partial charge >= 0.3 is 0 Å². The van der Waals surface area contributed by atoms with Gasteiger partial charge in [0, 0.05) is 5.41 Å². The molecule has 54 valence electrons. The summed E-state index contributed by atoms with van der Waals surface area (Å²) in [5.74, 6) is 5.28. The third kappa shape index (κ3) is 1.23. The Bertz CT molecular complexity index is 103. The molecule has 1 atom stereocenters. The van der Waals surface area contributed by atoms with Crippen molar-refractivity contribution in [3.63, 3.8) is 0 Å². The Morgan fingerprint density at radius 3 is 2.56 bits per heavy atom. The van der Waals surface area contributed by atoms with Crippen LogP contribution in [0, 0.1) is 5.41 Å². The smallest absolute Gasteiger partial charge is 0.0639 e. The first kappa shape index (κ1) is 6.99.